The summed E-state index contributed by atoms with van der Waals surface area (Å²) in [6, 6.07) is 9.62. The van der Waals surface area contributed by atoms with Gasteiger partial charge in [0.05, 0.1) is 0 Å². The summed E-state index contributed by atoms with van der Waals surface area (Å²) in [4.78, 5) is 0. The standard InChI is InChI=1S/C14H16N2O2S/c15-14-9-13(16-18-14)10-1-3-11(4-2-10)17-12-5-7-19-8-6-12/h1-4,9,12H,5-8,15H2. The number of anilines is 1. The van der Waals surface area contributed by atoms with Gasteiger partial charge in [-0.25, -0.2) is 0 Å². The predicted molar refractivity (Wildman–Crippen MR) is 77.3 cm³/mol. The van der Waals surface area contributed by atoms with Crippen molar-refractivity contribution < 1.29 is 9.26 Å². The van der Waals surface area contributed by atoms with E-state index in [1.165, 1.54) is 11.5 Å². The van der Waals surface area contributed by atoms with Gasteiger partial charge in [0.1, 0.15) is 17.5 Å². The summed E-state index contributed by atoms with van der Waals surface area (Å²) >= 11 is 2.00. The minimum Gasteiger partial charge on any atom is -0.490 e. The highest BCUT2D eigenvalue weighted by molar-refractivity contribution is 7.99. The number of aromatic nitrogens is 1. The molecule has 0 saturated carbocycles. The van der Waals surface area contributed by atoms with Crippen molar-refractivity contribution in [3.8, 4) is 17.0 Å². The zero-order valence-electron chi connectivity index (χ0n) is 10.5. The molecule has 2 aromatic rings. The topological polar surface area (TPSA) is 61.3 Å². The molecule has 1 saturated heterocycles. The number of rotatable bonds is 3. The zero-order chi connectivity index (χ0) is 13.1. The summed E-state index contributed by atoms with van der Waals surface area (Å²) in [5.74, 6) is 3.63. The summed E-state index contributed by atoms with van der Waals surface area (Å²) in [7, 11) is 0. The van der Waals surface area contributed by atoms with Gasteiger partial charge in [0.15, 0.2) is 0 Å². The lowest BCUT2D eigenvalue weighted by Gasteiger charge is -2.22. The smallest absolute Gasteiger partial charge is 0.222 e. The Labute approximate surface area is 116 Å². The van der Waals surface area contributed by atoms with Crippen LogP contribution in [0.3, 0.4) is 0 Å². The van der Waals surface area contributed by atoms with Crippen molar-refractivity contribution in [2.45, 2.75) is 18.9 Å². The van der Waals surface area contributed by atoms with Crippen molar-refractivity contribution in [2.75, 3.05) is 17.2 Å². The van der Waals surface area contributed by atoms with Gasteiger partial charge < -0.3 is 15.0 Å². The van der Waals surface area contributed by atoms with Crippen LogP contribution in [0, 0.1) is 0 Å². The second-order valence-corrected chi connectivity index (χ2v) is 5.79. The van der Waals surface area contributed by atoms with Crippen molar-refractivity contribution >= 4 is 17.6 Å². The fraction of sp³-hybridized carbons (Fsp3) is 0.357. The van der Waals surface area contributed by atoms with Gasteiger partial charge >= 0.3 is 0 Å². The van der Waals surface area contributed by atoms with Crippen LogP contribution in [0.15, 0.2) is 34.9 Å². The molecule has 0 atom stereocenters. The van der Waals surface area contributed by atoms with E-state index in [-0.39, 0.29) is 0 Å². The van der Waals surface area contributed by atoms with Crippen LogP contribution < -0.4 is 10.5 Å². The average Bonchev–Trinajstić information content (AvgIpc) is 2.87. The number of nitrogens with two attached hydrogens (primary N) is 1. The minimum atomic E-state index is 0.329. The van der Waals surface area contributed by atoms with Crippen LogP contribution in [-0.2, 0) is 0 Å². The highest BCUT2D eigenvalue weighted by Gasteiger charge is 2.15. The highest BCUT2D eigenvalue weighted by atomic mass is 32.2. The molecule has 1 aliphatic rings. The highest BCUT2D eigenvalue weighted by Crippen LogP contribution is 2.26. The fourth-order valence-electron chi connectivity index (χ4n) is 2.12. The molecule has 4 nitrogen and oxygen atoms in total. The van der Waals surface area contributed by atoms with Gasteiger partial charge in [-0.3, -0.25) is 0 Å². The first-order valence-corrected chi connectivity index (χ1v) is 7.54. The maximum atomic E-state index is 5.97. The Balaban J connectivity index is 1.68. The summed E-state index contributed by atoms with van der Waals surface area (Å²) in [5.41, 5.74) is 7.24. The van der Waals surface area contributed by atoms with Gasteiger partial charge in [-0.1, -0.05) is 5.16 Å². The number of ether oxygens (including phenoxy) is 1. The Kier molecular flexibility index (Phi) is 3.64. The first kappa shape index (κ1) is 12.4. The minimum absolute atomic E-state index is 0.329. The summed E-state index contributed by atoms with van der Waals surface area (Å²) in [6.07, 6.45) is 2.62. The van der Waals surface area contributed by atoms with Crippen LogP contribution >= 0.6 is 11.8 Å². The molecule has 0 aliphatic carbocycles. The molecule has 0 radical (unpaired) electrons. The van der Waals surface area contributed by atoms with E-state index < -0.39 is 0 Å². The van der Waals surface area contributed by atoms with E-state index in [1.54, 1.807) is 6.07 Å². The first-order valence-electron chi connectivity index (χ1n) is 6.38. The van der Waals surface area contributed by atoms with Gasteiger partial charge in [0.25, 0.3) is 0 Å². The molecule has 1 fully saturated rings. The van der Waals surface area contributed by atoms with Crippen molar-refractivity contribution in [2.24, 2.45) is 0 Å². The lowest BCUT2D eigenvalue weighted by atomic mass is 10.1. The van der Waals surface area contributed by atoms with E-state index in [4.69, 9.17) is 15.0 Å². The van der Waals surface area contributed by atoms with E-state index in [2.05, 4.69) is 5.16 Å². The van der Waals surface area contributed by atoms with Crippen LogP contribution in [0.4, 0.5) is 5.88 Å². The quantitative estimate of drug-likeness (QED) is 0.932. The van der Waals surface area contributed by atoms with E-state index >= 15 is 0 Å². The summed E-state index contributed by atoms with van der Waals surface area (Å²) in [5, 5.41) is 3.89. The molecule has 0 unspecified atom stereocenters. The third-order valence-corrected chi connectivity index (χ3v) is 4.20. The Hall–Kier alpha value is -1.62. The van der Waals surface area contributed by atoms with Crippen LogP contribution in [0.25, 0.3) is 11.3 Å². The van der Waals surface area contributed by atoms with Gasteiger partial charge in [0, 0.05) is 11.6 Å². The molecule has 3 rings (SSSR count). The largest absolute Gasteiger partial charge is 0.490 e. The van der Waals surface area contributed by atoms with Gasteiger partial charge in [-0.05, 0) is 48.6 Å². The fourth-order valence-corrected chi connectivity index (χ4v) is 3.18. The Bertz CT molecular complexity index is 533. The number of nitrogens with zero attached hydrogens (tertiary/aromatic N) is 1. The SMILES string of the molecule is Nc1cc(-c2ccc(OC3CCSCC3)cc2)no1. The van der Waals surface area contributed by atoms with Crippen molar-refractivity contribution in [3.63, 3.8) is 0 Å². The molecular formula is C14H16N2O2S. The predicted octanol–water partition coefficient (Wildman–Crippen LogP) is 3.20. The van der Waals surface area contributed by atoms with Crippen molar-refractivity contribution in [1.29, 1.82) is 0 Å². The monoisotopic (exact) mass is 276 g/mol. The summed E-state index contributed by atoms with van der Waals surface area (Å²) < 4.78 is 10.8. The van der Waals surface area contributed by atoms with Gasteiger partial charge in [-0.15, -0.1) is 0 Å². The molecule has 2 heterocycles. The van der Waals surface area contributed by atoms with Crippen LogP contribution in [0.5, 0.6) is 5.75 Å². The molecule has 100 valence electrons. The number of benzene rings is 1. The molecular weight excluding hydrogens is 260 g/mol. The summed E-state index contributed by atoms with van der Waals surface area (Å²) in [6.45, 7) is 0. The third kappa shape index (κ3) is 3.04. The van der Waals surface area contributed by atoms with Crippen LogP contribution in [0.1, 0.15) is 12.8 Å². The van der Waals surface area contributed by atoms with Crippen molar-refractivity contribution in [3.05, 3.63) is 30.3 Å². The number of thioether (sulfide) groups is 1. The Morgan fingerprint density at radius 2 is 1.95 bits per heavy atom. The second kappa shape index (κ2) is 5.57. The average molecular weight is 276 g/mol. The third-order valence-electron chi connectivity index (χ3n) is 3.15. The normalized spacial score (nSPS) is 16.4. The Morgan fingerprint density at radius 3 is 2.58 bits per heavy atom. The van der Waals surface area contributed by atoms with Gasteiger partial charge in [0.2, 0.25) is 5.88 Å². The molecule has 0 amide bonds. The molecule has 5 heteroatoms. The molecule has 0 spiro atoms. The van der Waals surface area contributed by atoms with E-state index in [1.807, 2.05) is 36.0 Å². The lowest BCUT2D eigenvalue weighted by molar-refractivity contribution is 0.192. The molecule has 1 aliphatic heterocycles. The van der Waals surface area contributed by atoms with Crippen LogP contribution in [-0.4, -0.2) is 22.8 Å². The lowest BCUT2D eigenvalue weighted by Crippen LogP contribution is -2.21. The van der Waals surface area contributed by atoms with E-state index in [9.17, 15) is 0 Å². The molecule has 19 heavy (non-hydrogen) atoms. The molecule has 0 bridgehead atoms. The molecule has 2 N–H and O–H groups in total. The van der Waals surface area contributed by atoms with Crippen molar-refractivity contribution in [1.82, 2.24) is 5.16 Å². The van der Waals surface area contributed by atoms with Crippen LogP contribution in [0.2, 0.25) is 0 Å². The number of hydrogen-bond acceptors (Lipinski definition) is 5. The number of hydrogen-bond donors (Lipinski definition) is 1. The number of nitrogen functional groups attached to an aromatic ring is 1. The van der Waals surface area contributed by atoms with Gasteiger partial charge in [-0.2, -0.15) is 11.8 Å². The van der Waals surface area contributed by atoms with E-state index in [0.717, 1.165) is 29.8 Å². The van der Waals surface area contributed by atoms with E-state index in [0.29, 0.717) is 12.0 Å². The maximum absolute atomic E-state index is 5.97. The Morgan fingerprint density at radius 1 is 1.21 bits per heavy atom. The second-order valence-electron chi connectivity index (χ2n) is 4.57. The molecule has 1 aromatic heterocycles. The zero-order valence-corrected chi connectivity index (χ0v) is 11.4. The maximum Gasteiger partial charge on any atom is 0.222 e. The molecule has 1 aromatic carbocycles. The first-order chi connectivity index (χ1) is 9.31.